The lowest BCUT2D eigenvalue weighted by Crippen LogP contribution is -2.61. The molecule has 0 amide bonds. The van der Waals surface area contributed by atoms with Crippen LogP contribution in [0.15, 0.2) is 101 Å². The van der Waals surface area contributed by atoms with Crippen molar-refractivity contribution in [2.75, 3.05) is 9.80 Å². The van der Waals surface area contributed by atoms with Crippen LogP contribution in [-0.4, -0.2) is 6.71 Å². The third-order valence-corrected chi connectivity index (χ3v) is 20.0. The molecule has 0 radical (unpaired) electrons. The van der Waals surface area contributed by atoms with Gasteiger partial charge in [0.2, 0.25) is 0 Å². The molecule has 3 nitrogen and oxygen atoms in total. The maximum atomic E-state index is 7.83. The predicted molar refractivity (Wildman–Crippen MR) is 324 cm³/mol. The summed E-state index contributed by atoms with van der Waals surface area (Å²) in [4.78, 5) is 5.36. The van der Waals surface area contributed by atoms with Gasteiger partial charge in [-0.2, -0.15) is 0 Å². The molecule has 388 valence electrons. The van der Waals surface area contributed by atoms with Gasteiger partial charge in [0.1, 0.15) is 5.58 Å². The molecule has 12 rings (SSSR count). The molecule has 0 spiro atoms. The van der Waals surface area contributed by atoms with Crippen molar-refractivity contribution >= 4 is 68.4 Å². The first-order valence-corrected chi connectivity index (χ1v) is 28.7. The van der Waals surface area contributed by atoms with Crippen molar-refractivity contribution in [3.63, 3.8) is 0 Å². The second kappa shape index (κ2) is 15.8. The monoisotopic (exact) mass is 993 g/mol. The number of nitrogens with zero attached hydrogens (tertiary/aromatic N) is 2. The molecule has 2 aliphatic heterocycles. The maximum absolute atomic E-state index is 7.83. The van der Waals surface area contributed by atoms with E-state index in [2.05, 4.69) is 238 Å². The molecule has 4 heteroatoms. The number of benzene rings is 6. The SMILES string of the molecule is Cc1cc2c3c(c1)N(c1ccc(C(C)(C)C)cc1-c1ccc(C(C)(C)C)cc1)c1c(oc4cc5c(cc14)C(C)(C)CCC5(C)C)B3c1cc3c(cc1N2c1ccc2c(c1)C(C)(C)CCC2(C)C)C(C)(C)CCC3(C)C. The van der Waals surface area contributed by atoms with E-state index in [0.29, 0.717) is 0 Å². The summed E-state index contributed by atoms with van der Waals surface area (Å²) in [6.45, 7) is 45.8. The van der Waals surface area contributed by atoms with Gasteiger partial charge in [0.15, 0.2) is 0 Å². The van der Waals surface area contributed by atoms with Gasteiger partial charge in [0.25, 0.3) is 6.71 Å². The highest BCUT2D eigenvalue weighted by Crippen LogP contribution is 2.56. The fourth-order valence-electron chi connectivity index (χ4n) is 14.6. The quantitative estimate of drug-likeness (QED) is 0.165. The summed E-state index contributed by atoms with van der Waals surface area (Å²) in [6, 6.07) is 39.7. The topological polar surface area (TPSA) is 19.6 Å². The molecule has 6 aromatic carbocycles. The summed E-state index contributed by atoms with van der Waals surface area (Å²) in [5.74, 6) is 0. The van der Waals surface area contributed by atoms with Gasteiger partial charge in [-0.15, -0.1) is 0 Å². The molecule has 0 atom stereocenters. The van der Waals surface area contributed by atoms with Gasteiger partial charge in [-0.05, 0) is 210 Å². The fraction of sp³-hybridized carbons (Fsp3) is 0.465. The summed E-state index contributed by atoms with van der Waals surface area (Å²) < 4.78 is 7.83. The fourth-order valence-corrected chi connectivity index (χ4v) is 14.6. The Labute approximate surface area is 452 Å². The lowest BCUT2D eigenvalue weighted by Gasteiger charge is -2.47. The number of fused-ring (bicyclic) bond motifs is 9. The Balaban J connectivity index is 1.23. The van der Waals surface area contributed by atoms with Gasteiger partial charge >= 0.3 is 0 Å². The van der Waals surface area contributed by atoms with Gasteiger partial charge in [0, 0.05) is 33.7 Å². The zero-order chi connectivity index (χ0) is 53.7. The van der Waals surface area contributed by atoms with Gasteiger partial charge in [-0.25, -0.2) is 0 Å². The Morgan fingerprint density at radius 3 is 1.48 bits per heavy atom. The zero-order valence-corrected chi connectivity index (χ0v) is 49.4. The zero-order valence-electron chi connectivity index (χ0n) is 49.4. The van der Waals surface area contributed by atoms with Gasteiger partial charge in [-0.1, -0.05) is 167 Å². The Morgan fingerprint density at radius 1 is 0.440 bits per heavy atom. The van der Waals surface area contributed by atoms with E-state index in [0.717, 1.165) is 36.9 Å². The molecule has 0 saturated heterocycles. The Bertz CT molecular complexity index is 3540. The van der Waals surface area contributed by atoms with E-state index in [-0.39, 0.29) is 50.0 Å². The number of hydrogen-bond donors (Lipinski definition) is 0. The van der Waals surface area contributed by atoms with Crippen LogP contribution < -0.4 is 26.4 Å². The van der Waals surface area contributed by atoms with E-state index < -0.39 is 0 Å². The second-order valence-electron chi connectivity index (χ2n) is 30.3. The van der Waals surface area contributed by atoms with Crippen LogP contribution in [0, 0.1) is 6.92 Å². The third-order valence-electron chi connectivity index (χ3n) is 20.0. The van der Waals surface area contributed by atoms with E-state index in [1.807, 2.05) is 0 Å². The average Bonchev–Trinajstić information content (AvgIpc) is 3.77. The standard InChI is InChI=1S/C71H85BN2O/c1-42-34-58-61-59(35-42)74(56-27-24-45(65(5,6)7)36-47(56)43-20-22-44(23-21-43)64(2,3)4)62-48-38-51-54(71(18,19)33-30-68(51,12)13)41-60(48)75-63(62)72(61)55-39-52-53(70(16,17)32-31-69(52,14)15)40-57(55)73(58)46-25-26-49-50(37-46)67(10,11)29-28-66(49,8)9/h20-27,34-41H,28-33H2,1-19H3. The van der Waals surface area contributed by atoms with Crippen LogP contribution in [0.25, 0.3) is 22.1 Å². The smallest absolute Gasteiger partial charge is 0.297 e. The molecular formula is C71H85BN2O. The molecule has 1 aromatic heterocycles. The van der Waals surface area contributed by atoms with Crippen LogP contribution in [0.1, 0.15) is 213 Å². The van der Waals surface area contributed by atoms with E-state index in [1.54, 1.807) is 0 Å². The summed E-state index contributed by atoms with van der Waals surface area (Å²) in [5.41, 5.74) is 27.6. The van der Waals surface area contributed by atoms with Crippen molar-refractivity contribution in [2.45, 2.75) is 213 Å². The molecule has 5 aliphatic rings. The predicted octanol–water partition coefficient (Wildman–Crippen LogP) is 18.1. The number of aryl methyl sites for hydroxylation is 1. The Kier molecular flexibility index (Phi) is 10.6. The van der Waals surface area contributed by atoms with Crippen LogP contribution in [0.4, 0.5) is 34.1 Å². The first-order valence-electron chi connectivity index (χ1n) is 28.7. The van der Waals surface area contributed by atoms with Crippen LogP contribution in [0.3, 0.4) is 0 Å². The van der Waals surface area contributed by atoms with Gasteiger partial charge in [-0.3, -0.25) is 0 Å². The minimum atomic E-state index is -0.138. The first kappa shape index (κ1) is 50.3. The van der Waals surface area contributed by atoms with Crippen molar-refractivity contribution < 1.29 is 4.42 Å². The third kappa shape index (κ3) is 7.62. The highest BCUT2D eigenvalue weighted by atomic mass is 16.3. The summed E-state index contributed by atoms with van der Waals surface area (Å²) in [6.07, 6.45) is 6.97. The molecule has 0 saturated carbocycles. The molecule has 3 aliphatic carbocycles. The minimum absolute atomic E-state index is 0.0163. The molecule has 0 unspecified atom stereocenters. The number of rotatable bonds is 3. The largest absolute Gasteiger partial charge is 0.468 e. The summed E-state index contributed by atoms with van der Waals surface area (Å²) in [5, 5.41) is 1.21. The van der Waals surface area contributed by atoms with Crippen LogP contribution in [0.2, 0.25) is 0 Å². The normalized spacial score (nSPS) is 20.2. The molecule has 7 aromatic rings. The molecular weight excluding hydrogens is 908 g/mol. The molecule has 0 fully saturated rings. The van der Waals surface area contributed by atoms with Crippen LogP contribution in [-0.2, 0) is 43.3 Å². The lowest BCUT2D eigenvalue weighted by molar-refractivity contribution is 0.332. The number of furan rings is 1. The number of hydrogen-bond acceptors (Lipinski definition) is 3. The second-order valence-corrected chi connectivity index (χ2v) is 30.3. The lowest BCUT2D eigenvalue weighted by atomic mass is 9.35. The van der Waals surface area contributed by atoms with Crippen LogP contribution >= 0.6 is 0 Å². The van der Waals surface area contributed by atoms with Gasteiger partial charge < -0.3 is 14.2 Å². The summed E-state index contributed by atoms with van der Waals surface area (Å²) in [7, 11) is 0. The summed E-state index contributed by atoms with van der Waals surface area (Å²) >= 11 is 0. The molecule has 75 heavy (non-hydrogen) atoms. The highest BCUT2D eigenvalue weighted by molar-refractivity contribution is 7.00. The van der Waals surface area contributed by atoms with E-state index in [1.165, 1.54) is 124 Å². The van der Waals surface area contributed by atoms with E-state index in [9.17, 15) is 0 Å². The Hall–Kier alpha value is -5.48. The van der Waals surface area contributed by atoms with Gasteiger partial charge in [0.05, 0.1) is 17.0 Å². The van der Waals surface area contributed by atoms with Crippen molar-refractivity contribution in [3.05, 3.63) is 147 Å². The maximum Gasteiger partial charge on any atom is 0.297 e. The van der Waals surface area contributed by atoms with Crippen molar-refractivity contribution in [1.29, 1.82) is 0 Å². The van der Waals surface area contributed by atoms with Crippen molar-refractivity contribution in [1.82, 2.24) is 0 Å². The van der Waals surface area contributed by atoms with Crippen LogP contribution in [0.5, 0.6) is 0 Å². The first-order chi connectivity index (χ1) is 34.8. The highest BCUT2D eigenvalue weighted by Gasteiger charge is 2.50. The van der Waals surface area contributed by atoms with E-state index >= 15 is 0 Å². The molecule has 0 N–H and O–H groups in total. The van der Waals surface area contributed by atoms with Crippen molar-refractivity contribution in [2.24, 2.45) is 0 Å². The minimum Gasteiger partial charge on any atom is -0.468 e. The molecule has 3 heterocycles. The molecule has 0 bridgehead atoms. The van der Waals surface area contributed by atoms with Crippen molar-refractivity contribution in [3.8, 4) is 11.1 Å². The Morgan fingerprint density at radius 2 is 0.920 bits per heavy atom. The number of anilines is 6. The average molecular weight is 993 g/mol. The van der Waals surface area contributed by atoms with E-state index in [4.69, 9.17) is 4.42 Å².